The van der Waals surface area contributed by atoms with Gasteiger partial charge in [-0.2, -0.15) is 0 Å². The van der Waals surface area contributed by atoms with Crippen molar-refractivity contribution in [1.82, 2.24) is 20.4 Å². The number of aryl methyl sites for hydroxylation is 1. The van der Waals surface area contributed by atoms with Crippen molar-refractivity contribution >= 4 is 17.5 Å². The van der Waals surface area contributed by atoms with Crippen LogP contribution in [0.25, 0.3) is 22.7 Å². The minimum absolute atomic E-state index is 0.0952. The van der Waals surface area contributed by atoms with E-state index in [1.54, 1.807) is 55.6 Å². The summed E-state index contributed by atoms with van der Waals surface area (Å²) in [5.41, 5.74) is 3.40. The third kappa shape index (κ3) is 4.90. The van der Waals surface area contributed by atoms with Gasteiger partial charge in [-0.05, 0) is 31.2 Å². The number of oxazole rings is 1. The van der Waals surface area contributed by atoms with Crippen molar-refractivity contribution in [3.05, 3.63) is 108 Å². The Morgan fingerprint density at radius 1 is 0.917 bits per heavy atom. The molecule has 2 N–H and O–H groups in total. The predicted octanol–water partition coefficient (Wildman–Crippen LogP) is 4.88. The maximum absolute atomic E-state index is 12.6. The summed E-state index contributed by atoms with van der Waals surface area (Å²) in [6, 6.07) is 23.3. The minimum Gasteiger partial charge on any atom is -0.441 e. The van der Waals surface area contributed by atoms with Crippen LogP contribution in [-0.4, -0.2) is 26.9 Å². The van der Waals surface area contributed by atoms with Crippen LogP contribution in [0.2, 0.25) is 0 Å². The van der Waals surface area contributed by atoms with Crippen LogP contribution in [0.4, 0.5) is 5.69 Å². The number of anilines is 1. The molecule has 0 spiro atoms. The number of nitrogens with zero attached hydrogens (tertiary/aromatic N) is 3. The Morgan fingerprint density at radius 3 is 2.50 bits per heavy atom. The lowest BCUT2D eigenvalue weighted by molar-refractivity contribution is 0.0913. The van der Waals surface area contributed by atoms with Crippen molar-refractivity contribution in [3.8, 4) is 22.7 Å². The highest BCUT2D eigenvalue weighted by Crippen LogP contribution is 2.29. The molecule has 0 unspecified atom stereocenters. The first kappa shape index (κ1) is 22.7. The molecule has 0 saturated carbocycles. The summed E-state index contributed by atoms with van der Waals surface area (Å²) in [7, 11) is 0. The molecule has 3 heterocycles. The quantitative estimate of drug-likeness (QED) is 0.341. The van der Waals surface area contributed by atoms with Crippen LogP contribution in [0, 0.1) is 6.92 Å². The summed E-state index contributed by atoms with van der Waals surface area (Å²) in [6.07, 6.45) is 1.56. The van der Waals surface area contributed by atoms with Crippen molar-refractivity contribution in [2.75, 3.05) is 5.32 Å². The normalized spacial score (nSPS) is 10.7. The molecule has 178 valence electrons. The maximum Gasteiger partial charge on any atom is 0.290 e. The van der Waals surface area contributed by atoms with E-state index < -0.39 is 5.91 Å². The van der Waals surface area contributed by atoms with E-state index in [9.17, 15) is 9.59 Å². The first-order chi connectivity index (χ1) is 17.6. The van der Waals surface area contributed by atoms with Crippen LogP contribution in [0.1, 0.15) is 32.5 Å². The molecule has 0 aliphatic heterocycles. The van der Waals surface area contributed by atoms with E-state index in [2.05, 4.69) is 25.8 Å². The van der Waals surface area contributed by atoms with E-state index in [4.69, 9.17) is 8.94 Å². The molecule has 0 aliphatic carbocycles. The number of carbonyl (C=O) groups excluding carboxylic acids is 2. The number of rotatable bonds is 7. The van der Waals surface area contributed by atoms with Crippen LogP contribution in [-0.2, 0) is 6.54 Å². The standard InChI is InChI=1S/C27H21N5O4/c1-17-23(16-29-26(34)24-15-22(32-36-24)18-9-3-2-4-10-18)31-27(35-17)19-11-5-6-12-20(19)30-25(33)21-13-7-8-14-28-21/h2-15H,16H2,1H3,(H,29,34)(H,30,33). The van der Waals surface area contributed by atoms with Crippen molar-refractivity contribution < 1.29 is 18.5 Å². The summed E-state index contributed by atoms with van der Waals surface area (Å²) >= 11 is 0. The van der Waals surface area contributed by atoms with Gasteiger partial charge in [0, 0.05) is 17.8 Å². The van der Waals surface area contributed by atoms with E-state index in [0.717, 1.165) is 5.56 Å². The lowest BCUT2D eigenvalue weighted by atomic mass is 10.1. The molecule has 3 aromatic heterocycles. The molecule has 2 aromatic carbocycles. The van der Waals surface area contributed by atoms with E-state index in [-0.39, 0.29) is 18.2 Å². The van der Waals surface area contributed by atoms with Crippen LogP contribution in [0.3, 0.4) is 0 Å². The number of aromatic nitrogens is 3. The van der Waals surface area contributed by atoms with Crippen molar-refractivity contribution in [3.63, 3.8) is 0 Å². The molecule has 9 nitrogen and oxygen atoms in total. The van der Waals surface area contributed by atoms with Gasteiger partial charge in [0.25, 0.3) is 11.8 Å². The smallest absolute Gasteiger partial charge is 0.290 e. The zero-order valence-corrected chi connectivity index (χ0v) is 19.3. The van der Waals surface area contributed by atoms with Gasteiger partial charge >= 0.3 is 0 Å². The third-order valence-corrected chi connectivity index (χ3v) is 5.42. The lowest BCUT2D eigenvalue weighted by Crippen LogP contribution is -2.22. The lowest BCUT2D eigenvalue weighted by Gasteiger charge is -2.08. The average molecular weight is 479 g/mol. The molecule has 36 heavy (non-hydrogen) atoms. The first-order valence-corrected chi connectivity index (χ1v) is 11.2. The molecule has 0 aliphatic rings. The number of benzene rings is 2. The van der Waals surface area contributed by atoms with Crippen LogP contribution in [0.15, 0.2) is 94.0 Å². The first-order valence-electron chi connectivity index (χ1n) is 11.2. The van der Waals surface area contributed by atoms with E-state index in [1.807, 2.05) is 36.4 Å². The van der Waals surface area contributed by atoms with Crippen LogP contribution < -0.4 is 10.6 Å². The van der Waals surface area contributed by atoms with Gasteiger partial charge in [0.2, 0.25) is 11.7 Å². The Balaban J connectivity index is 1.29. The van der Waals surface area contributed by atoms with Crippen molar-refractivity contribution in [2.45, 2.75) is 13.5 Å². The number of carbonyl (C=O) groups is 2. The highest BCUT2D eigenvalue weighted by Gasteiger charge is 2.19. The van der Waals surface area contributed by atoms with Gasteiger partial charge in [-0.25, -0.2) is 4.98 Å². The van der Waals surface area contributed by atoms with E-state index in [0.29, 0.717) is 40.0 Å². The Hall–Kier alpha value is -5.05. The monoisotopic (exact) mass is 479 g/mol. The molecule has 2 amide bonds. The number of hydrogen-bond donors (Lipinski definition) is 2. The summed E-state index contributed by atoms with van der Waals surface area (Å²) in [5, 5.41) is 9.60. The highest BCUT2D eigenvalue weighted by molar-refractivity contribution is 6.04. The molecule has 0 atom stereocenters. The number of amides is 2. The Kier molecular flexibility index (Phi) is 6.35. The van der Waals surface area contributed by atoms with E-state index >= 15 is 0 Å². The van der Waals surface area contributed by atoms with Gasteiger partial charge in [-0.1, -0.05) is 53.7 Å². The Labute approximate surface area is 206 Å². The fraction of sp³-hybridized carbons (Fsp3) is 0.0741. The summed E-state index contributed by atoms with van der Waals surface area (Å²) < 4.78 is 11.1. The van der Waals surface area contributed by atoms with Crippen LogP contribution in [0.5, 0.6) is 0 Å². The van der Waals surface area contributed by atoms with Gasteiger partial charge in [0.1, 0.15) is 22.8 Å². The molecule has 0 bridgehead atoms. The zero-order chi connectivity index (χ0) is 24.9. The number of para-hydroxylation sites is 1. The fourth-order valence-corrected chi connectivity index (χ4v) is 3.55. The second-order valence-electron chi connectivity index (χ2n) is 7.86. The van der Waals surface area contributed by atoms with Gasteiger partial charge in [0.15, 0.2) is 0 Å². The molecule has 5 rings (SSSR count). The SMILES string of the molecule is Cc1oc(-c2ccccc2NC(=O)c2ccccn2)nc1CNC(=O)c1cc(-c2ccccc2)no1. The second kappa shape index (κ2) is 10.1. The topological polar surface area (TPSA) is 123 Å². The van der Waals surface area contributed by atoms with Crippen molar-refractivity contribution in [2.24, 2.45) is 0 Å². The average Bonchev–Trinajstić information content (AvgIpc) is 3.56. The summed E-state index contributed by atoms with van der Waals surface area (Å²) in [5.74, 6) is 0.189. The molecular formula is C27H21N5O4. The Morgan fingerprint density at radius 2 is 1.69 bits per heavy atom. The molecule has 0 fully saturated rings. The van der Waals surface area contributed by atoms with Gasteiger partial charge in [-0.3, -0.25) is 14.6 Å². The summed E-state index contributed by atoms with van der Waals surface area (Å²) in [6.45, 7) is 1.88. The molecule has 0 radical (unpaired) electrons. The molecule has 5 aromatic rings. The third-order valence-electron chi connectivity index (χ3n) is 5.42. The molecule has 9 heteroatoms. The number of pyridine rings is 1. The summed E-state index contributed by atoms with van der Waals surface area (Å²) in [4.78, 5) is 33.8. The van der Waals surface area contributed by atoms with Crippen LogP contribution >= 0.6 is 0 Å². The zero-order valence-electron chi connectivity index (χ0n) is 19.3. The minimum atomic E-state index is -0.420. The number of hydrogen-bond acceptors (Lipinski definition) is 7. The molecule has 0 saturated heterocycles. The fourth-order valence-electron chi connectivity index (χ4n) is 3.55. The van der Waals surface area contributed by atoms with Crippen molar-refractivity contribution in [1.29, 1.82) is 0 Å². The van der Waals surface area contributed by atoms with Gasteiger partial charge in [-0.15, -0.1) is 0 Å². The Bertz CT molecular complexity index is 1510. The molecular weight excluding hydrogens is 458 g/mol. The van der Waals surface area contributed by atoms with Gasteiger partial charge < -0.3 is 19.6 Å². The van der Waals surface area contributed by atoms with E-state index in [1.165, 1.54) is 0 Å². The predicted molar refractivity (Wildman–Crippen MR) is 132 cm³/mol. The van der Waals surface area contributed by atoms with Gasteiger partial charge in [0.05, 0.1) is 17.8 Å². The number of nitrogens with one attached hydrogen (secondary N) is 2. The highest BCUT2D eigenvalue weighted by atomic mass is 16.5. The second-order valence-corrected chi connectivity index (χ2v) is 7.86. The largest absolute Gasteiger partial charge is 0.441 e. The maximum atomic E-state index is 12.6.